The van der Waals surface area contributed by atoms with E-state index in [1.807, 2.05) is 29.9 Å². The molecule has 3 heterocycles. The fourth-order valence-corrected chi connectivity index (χ4v) is 4.08. The van der Waals surface area contributed by atoms with Gasteiger partial charge in [-0.3, -0.25) is 9.59 Å². The van der Waals surface area contributed by atoms with Gasteiger partial charge in [0.1, 0.15) is 12.4 Å². The molecule has 0 fully saturated rings. The van der Waals surface area contributed by atoms with Gasteiger partial charge in [-0.1, -0.05) is 6.07 Å². The second-order valence-corrected chi connectivity index (χ2v) is 8.21. The normalized spacial score (nSPS) is 13.5. The van der Waals surface area contributed by atoms with Gasteiger partial charge in [-0.2, -0.15) is 0 Å². The van der Waals surface area contributed by atoms with Crippen LogP contribution in [0.4, 0.5) is 11.5 Å². The number of aryl methyl sites for hydroxylation is 1. The van der Waals surface area contributed by atoms with Crippen LogP contribution in [-0.2, 0) is 29.1 Å². The number of nitrogens with one attached hydrogen (secondary N) is 1. The summed E-state index contributed by atoms with van der Waals surface area (Å²) >= 11 is 0. The zero-order valence-corrected chi connectivity index (χ0v) is 18.1. The Hall–Kier alpha value is -3.35. The highest BCUT2D eigenvalue weighted by atomic mass is 16.2. The van der Waals surface area contributed by atoms with E-state index in [9.17, 15) is 9.59 Å². The van der Waals surface area contributed by atoms with Crippen LogP contribution in [0.25, 0.3) is 10.9 Å². The molecule has 0 aliphatic carbocycles. The number of benzene rings is 1. The molecule has 1 aliphatic heterocycles. The number of anilines is 2. The maximum absolute atomic E-state index is 12.2. The first-order chi connectivity index (χ1) is 14.3. The summed E-state index contributed by atoms with van der Waals surface area (Å²) in [5.74, 6) is 0.923. The summed E-state index contributed by atoms with van der Waals surface area (Å²) in [6.07, 6.45) is 4.09. The SMILES string of the molecule is Cc1cc2c(c(C)c1Nc1nccc3c1ccn3CC(=O)N(C)C)CC(=O)N(C)C2. The van der Waals surface area contributed by atoms with Gasteiger partial charge in [0.05, 0.1) is 11.9 Å². The number of carbonyl (C=O) groups excluding carboxylic acids is 2. The standard InChI is InChI=1S/C23H27N5O2/c1-14-10-16-12-27(5)20(29)11-18(16)15(2)22(14)25-23-17-7-9-28(13-21(30)26(3)4)19(17)6-8-24-23/h6-10H,11-13H2,1-5H3,(H,24,25). The molecule has 3 aromatic rings. The summed E-state index contributed by atoms with van der Waals surface area (Å²) in [5.41, 5.74) is 6.46. The van der Waals surface area contributed by atoms with E-state index in [1.54, 1.807) is 30.1 Å². The van der Waals surface area contributed by atoms with Gasteiger partial charge in [0.15, 0.2) is 0 Å². The van der Waals surface area contributed by atoms with Crippen molar-refractivity contribution in [1.29, 1.82) is 0 Å². The van der Waals surface area contributed by atoms with Gasteiger partial charge in [-0.25, -0.2) is 4.98 Å². The molecule has 7 heteroatoms. The van der Waals surface area contributed by atoms with Crippen LogP contribution in [-0.4, -0.2) is 52.3 Å². The van der Waals surface area contributed by atoms with Gasteiger partial charge in [0.2, 0.25) is 11.8 Å². The van der Waals surface area contributed by atoms with Crippen LogP contribution in [0, 0.1) is 13.8 Å². The molecule has 7 nitrogen and oxygen atoms in total. The maximum atomic E-state index is 12.2. The Labute approximate surface area is 176 Å². The van der Waals surface area contributed by atoms with Crippen LogP contribution in [0.2, 0.25) is 0 Å². The minimum absolute atomic E-state index is 0.0369. The largest absolute Gasteiger partial charge is 0.347 e. The molecule has 0 unspecified atom stereocenters. The number of rotatable bonds is 4. The molecular formula is C23H27N5O2. The van der Waals surface area contributed by atoms with Crippen LogP contribution in [0.1, 0.15) is 22.3 Å². The van der Waals surface area contributed by atoms with Gasteiger partial charge in [0, 0.05) is 51.2 Å². The lowest BCUT2D eigenvalue weighted by molar-refractivity contribution is -0.130. The fraction of sp³-hybridized carbons (Fsp3) is 0.348. The minimum Gasteiger partial charge on any atom is -0.347 e. The monoisotopic (exact) mass is 405 g/mol. The first-order valence-corrected chi connectivity index (χ1v) is 10.0. The predicted octanol–water partition coefficient (Wildman–Crippen LogP) is 3.00. The lowest BCUT2D eigenvalue weighted by Crippen LogP contribution is -2.33. The van der Waals surface area contributed by atoms with Crippen molar-refractivity contribution in [2.24, 2.45) is 0 Å². The number of carbonyl (C=O) groups is 2. The zero-order valence-electron chi connectivity index (χ0n) is 18.1. The maximum Gasteiger partial charge on any atom is 0.241 e. The van der Waals surface area contributed by atoms with Gasteiger partial charge >= 0.3 is 0 Å². The molecule has 1 aliphatic rings. The summed E-state index contributed by atoms with van der Waals surface area (Å²) in [4.78, 5) is 32.3. The summed E-state index contributed by atoms with van der Waals surface area (Å²) in [5, 5.41) is 4.46. The van der Waals surface area contributed by atoms with Crippen LogP contribution in [0.5, 0.6) is 0 Å². The van der Waals surface area contributed by atoms with E-state index < -0.39 is 0 Å². The summed E-state index contributed by atoms with van der Waals surface area (Å²) < 4.78 is 1.94. The Morgan fingerprint density at radius 3 is 2.77 bits per heavy atom. The van der Waals surface area contributed by atoms with Crippen molar-refractivity contribution in [2.45, 2.75) is 33.4 Å². The van der Waals surface area contributed by atoms with E-state index in [2.05, 4.69) is 30.2 Å². The van der Waals surface area contributed by atoms with E-state index in [0.29, 0.717) is 13.0 Å². The quantitative estimate of drug-likeness (QED) is 0.724. The molecule has 156 valence electrons. The number of nitrogens with zero attached hydrogens (tertiary/aromatic N) is 4. The Morgan fingerprint density at radius 2 is 2.03 bits per heavy atom. The number of likely N-dealkylation sites (N-methyl/N-ethyl adjacent to an activating group) is 2. The Kier molecular flexibility index (Phi) is 4.97. The molecule has 2 amide bonds. The number of amides is 2. The van der Waals surface area contributed by atoms with Gasteiger partial charge < -0.3 is 19.7 Å². The number of fused-ring (bicyclic) bond motifs is 2. The number of aromatic nitrogens is 2. The molecule has 0 saturated heterocycles. The summed E-state index contributed by atoms with van der Waals surface area (Å²) in [7, 11) is 5.36. The van der Waals surface area contributed by atoms with Gasteiger partial charge in [0.25, 0.3) is 0 Å². The number of pyridine rings is 1. The molecule has 0 radical (unpaired) electrons. The van der Waals surface area contributed by atoms with Crippen LogP contribution in [0.3, 0.4) is 0 Å². The van der Waals surface area contributed by atoms with Crippen LogP contribution >= 0.6 is 0 Å². The van der Waals surface area contributed by atoms with Crippen molar-refractivity contribution in [1.82, 2.24) is 19.4 Å². The minimum atomic E-state index is 0.0369. The van der Waals surface area contributed by atoms with E-state index in [-0.39, 0.29) is 18.4 Å². The third kappa shape index (κ3) is 3.40. The smallest absolute Gasteiger partial charge is 0.241 e. The van der Waals surface area contributed by atoms with Crippen molar-refractivity contribution >= 4 is 34.2 Å². The Bertz CT molecular complexity index is 1160. The van der Waals surface area contributed by atoms with Gasteiger partial charge in [-0.05, 0) is 48.2 Å². The lowest BCUT2D eigenvalue weighted by Gasteiger charge is -2.28. The van der Waals surface area contributed by atoms with Crippen molar-refractivity contribution in [3.05, 3.63) is 52.8 Å². The van der Waals surface area contributed by atoms with Crippen molar-refractivity contribution in [3.63, 3.8) is 0 Å². The third-order valence-corrected chi connectivity index (χ3v) is 5.91. The second-order valence-electron chi connectivity index (χ2n) is 8.21. The first kappa shape index (κ1) is 19.9. The number of hydrogen-bond acceptors (Lipinski definition) is 4. The first-order valence-electron chi connectivity index (χ1n) is 10.0. The molecule has 1 N–H and O–H groups in total. The molecule has 2 aromatic heterocycles. The third-order valence-electron chi connectivity index (χ3n) is 5.91. The second kappa shape index (κ2) is 7.48. The zero-order chi connectivity index (χ0) is 21.6. The molecule has 0 saturated carbocycles. The van der Waals surface area contributed by atoms with E-state index in [1.165, 1.54) is 5.56 Å². The number of hydrogen-bond donors (Lipinski definition) is 1. The fourth-order valence-electron chi connectivity index (χ4n) is 4.08. The molecule has 1 aromatic carbocycles. The highest BCUT2D eigenvalue weighted by molar-refractivity contribution is 5.93. The van der Waals surface area contributed by atoms with Crippen LogP contribution < -0.4 is 5.32 Å². The topological polar surface area (TPSA) is 70.5 Å². The molecule has 0 bridgehead atoms. The molecule has 0 spiro atoms. The van der Waals surface area contributed by atoms with Gasteiger partial charge in [-0.15, -0.1) is 0 Å². The Morgan fingerprint density at radius 1 is 1.27 bits per heavy atom. The molecule has 30 heavy (non-hydrogen) atoms. The van der Waals surface area contributed by atoms with E-state index in [0.717, 1.165) is 39.1 Å². The highest BCUT2D eigenvalue weighted by Crippen LogP contribution is 2.34. The van der Waals surface area contributed by atoms with Crippen molar-refractivity contribution < 1.29 is 9.59 Å². The van der Waals surface area contributed by atoms with Crippen molar-refractivity contribution in [2.75, 3.05) is 26.5 Å². The van der Waals surface area contributed by atoms with Crippen LogP contribution in [0.15, 0.2) is 30.6 Å². The average molecular weight is 406 g/mol. The van der Waals surface area contributed by atoms with E-state index in [4.69, 9.17) is 0 Å². The highest BCUT2D eigenvalue weighted by Gasteiger charge is 2.24. The molecular weight excluding hydrogens is 378 g/mol. The van der Waals surface area contributed by atoms with E-state index >= 15 is 0 Å². The lowest BCUT2D eigenvalue weighted by atomic mass is 9.91. The summed E-state index contributed by atoms with van der Waals surface area (Å²) in [6, 6.07) is 6.06. The molecule has 4 rings (SSSR count). The predicted molar refractivity (Wildman–Crippen MR) is 118 cm³/mol. The summed E-state index contributed by atoms with van der Waals surface area (Å²) in [6.45, 7) is 5.07. The Balaban J connectivity index is 1.72. The van der Waals surface area contributed by atoms with Crippen molar-refractivity contribution in [3.8, 4) is 0 Å². The average Bonchev–Trinajstić information content (AvgIpc) is 3.10. The molecule has 0 atom stereocenters.